The van der Waals surface area contributed by atoms with Crippen molar-refractivity contribution in [1.82, 2.24) is 9.97 Å². The Kier molecular flexibility index (Phi) is 2.42. The molecule has 0 amide bonds. The third kappa shape index (κ3) is 2.16. The van der Waals surface area contributed by atoms with Gasteiger partial charge in [0.15, 0.2) is 11.4 Å². The summed E-state index contributed by atoms with van der Waals surface area (Å²) >= 11 is 4.92. The standard InChI is InChI=1S/C9H8N2O3S/c12-8(13)4-14-5-1-2-6-7(3-5)11-9(15)10-6/h1-3H,4H2,(H,12,13)(H2,10,11,15). The quantitative estimate of drug-likeness (QED) is 0.693. The monoisotopic (exact) mass is 224 g/mol. The van der Waals surface area contributed by atoms with Crippen molar-refractivity contribution in [3.8, 4) is 5.75 Å². The largest absolute Gasteiger partial charge is 0.482 e. The minimum absolute atomic E-state index is 0.351. The highest BCUT2D eigenvalue weighted by Gasteiger charge is 2.01. The Morgan fingerprint density at radius 2 is 2.13 bits per heavy atom. The van der Waals surface area contributed by atoms with E-state index in [1.807, 2.05) is 0 Å². The van der Waals surface area contributed by atoms with Crippen LogP contribution in [0.1, 0.15) is 0 Å². The fraction of sp³-hybridized carbons (Fsp3) is 0.111. The van der Waals surface area contributed by atoms with Crippen LogP contribution in [0.4, 0.5) is 0 Å². The molecule has 5 nitrogen and oxygen atoms in total. The Morgan fingerprint density at radius 1 is 1.40 bits per heavy atom. The SMILES string of the molecule is O=C(O)COc1ccc2[nH]c(=S)[nH]c2c1. The molecule has 3 N–H and O–H groups in total. The number of carbonyl (C=O) groups is 1. The van der Waals surface area contributed by atoms with E-state index in [0.29, 0.717) is 10.5 Å². The fourth-order valence-corrected chi connectivity index (χ4v) is 1.47. The second-order valence-electron chi connectivity index (χ2n) is 2.97. The zero-order valence-corrected chi connectivity index (χ0v) is 8.43. The first kappa shape index (κ1) is 9.72. The first-order valence-corrected chi connectivity index (χ1v) is 4.62. The van der Waals surface area contributed by atoms with Gasteiger partial charge in [-0.1, -0.05) is 0 Å². The van der Waals surface area contributed by atoms with Crippen LogP contribution in [0.3, 0.4) is 0 Å². The Morgan fingerprint density at radius 3 is 2.87 bits per heavy atom. The number of rotatable bonds is 3. The second-order valence-corrected chi connectivity index (χ2v) is 3.38. The number of aromatic nitrogens is 2. The van der Waals surface area contributed by atoms with Crippen LogP contribution in [-0.2, 0) is 4.79 Å². The summed E-state index contributed by atoms with van der Waals surface area (Å²) < 4.78 is 5.55. The molecule has 0 radical (unpaired) electrons. The van der Waals surface area contributed by atoms with E-state index in [1.54, 1.807) is 18.2 Å². The number of aromatic amines is 2. The molecular weight excluding hydrogens is 216 g/mol. The zero-order valence-electron chi connectivity index (χ0n) is 7.61. The fourth-order valence-electron chi connectivity index (χ4n) is 1.25. The van der Waals surface area contributed by atoms with Crippen LogP contribution >= 0.6 is 12.2 Å². The average molecular weight is 224 g/mol. The van der Waals surface area contributed by atoms with Gasteiger partial charge in [0.2, 0.25) is 0 Å². The van der Waals surface area contributed by atoms with Gasteiger partial charge >= 0.3 is 5.97 Å². The molecule has 0 unspecified atom stereocenters. The Labute approximate surface area is 89.7 Å². The number of aliphatic carboxylic acids is 1. The highest BCUT2D eigenvalue weighted by molar-refractivity contribution is 7.71. The van der Waals surface area contributed by atoms with Crippen molar-refractivity contribution < 1.29 is 14.6 Å². The Hall–Kier alpha value is -1.82. The van der Waals surface area contributed by atoms with Crippen LogP contribution in [0.15, 0.2) is 18.2 Å². The van der Waals surface area contributed by atoms with E-state index in [0.717, 1.165) is 11.0 Å². The maximum Gasteiger partial charge on any atom is 0.341 e. The van der Waals surface area contributed by atoms with Gasteiger partial charge in [0.25, 0.3) is 0 Å². The summed E-state index contributed by atoms with van der Waals surface area (Å²) in [6.45, 7) is -0.351. The molecule has 0 fully saturated rings. The number of H-pyrrole nitrogens is 2. The molecule has 0 saturated carbocycles. The van der Waals surface area contributed by atoms with Crippen LogP contribution in [0.5, 0.6) is 5.75 Å². The van der Waals surface area contributed by atoms with Crippen molar-refractivity contribution in [2.45, 2.75) is 0 Å². The van der Waals surface area contributed by atoms with Gasteiger partial charge in [0.1, 0.15) is 5.75 Å². The number of imidazole rings is 1. The molecule has 2 rings (SSSR count). The highest BCUT2D eigenvalue weighted by atomic mass is 32.1. The molecule has 0 aliphatic heterocycles. The van der Waals surface area contributed by atoms with Crippen molar-refractivity contribution in [1.29, 1.82) is 0 Å². The van der Waals surface area contributed by atoms with Crippen LogP contribution in [0.2, 0.25) is 0 Å². The third-order valence-electron chi connectivity index (χ3n) is 1.85. The number of ether oxygens (including phenoxy) is 1. The molecule has 0 spiro atoms. The van der Waals surface area contributed by atoms with Gasteiger partial charge in [0, 0.05) is 6.07 Å². The lowest BCUT2D eigenvalue weighted by molar-refractivity contribution is -0.139. The summed E-state index contributed by atoms with van der Waals surface area (Å²) in [4.78, 5) is 16.1. The molecule has 0 saturated heterocycles. The van der Waals surface area contributed by atoms with Crippen molar-refractivity contribution in [3.63, 3.8) is 0 Å². The van der Waals surface area contributed by atoms with Gasteiger partial charge in [-0.2, -0.15) is 0 Å². The summed E-state index contributed by atoms with van der Waals surface area (Å²) in [5.41, 5.74) is 1.66. The maximum absolute atomic E-state index is 10.3. The van der Waals surface area contributed by atoms with Gasteiger partial charge in [-0.05, 0) is 24.4 Å². The maximum atomic E-state index is 10.3. The van der Waals surface area contributed by atoms with Crippen LogP contribution in [0, 0.1) is 4.77 Å². The lowest BCUT2D eigenvalue weighted by Crippen LogP contribution is -2.09. The molecule has 2 aromatic rings. The average Bonchev–Trinajstić information content (AvgIpc) is 2.53. The number of carboxylic acid groups (broad SMARTS) is 1. The molecular formula is C9H8N2O3S. The van der Waals surface area contributed by atoms with E-state index in [4.69, 9.17) is 22.1 Å². The van der Waals surface area contributed by atoms with Crippen molar-refractivity contribution in [3.05, 3.63) is 23.0 Å². The molecule has 6 heteroatoms. The normalized spacial score (nSPS) is 10.4. The first-order valence-electron chi connectivity index (χ1n) is 4.22. The predicted molar refractivity (Wildman–Crippen MR) is 56.6 cm³/mol. The van der Waals surface area contributed by atoms with E-state index >= 15 is 0 Å². The van der Waals surface area contributed by atoms with Gasteiger partial charge < -0.3 is 19.8 Å². The Balaban J connectivity index is 2.30. The number of fused-ring (bicyclic) bond motifs is 1. The van der Waals surface area contributed by atoms with Gasteiger partial charge in [-0.3, -0.25) is 0 Å². The highest BCUT2D eigenvalue weighted by Crippen LogP contribution is 2.17. The lowest BCUT2D eigenvalue weighted by Gasteiger charge is -2.01. The molecule has 0 bridgehead atoms. The van der Waals surface area contributed by atoms with Gasteiger partial charge in [-0.15, -0.1) is 0 Å². The van der Waals surface area contributed by atoms with Crippen LogP contribution in [-0.4, -0.2) is 27.7 Å². The number of carboxylic acids is 1. The van der Waals surface area contributed by atoms with E-state index in [-0.39, 0.29) is 6.61 Å². The summed E-state index contributed by atoms with van der Waals surface area (Å²) in [6.07, 6.45) is 0. The first-order chi connectivity index (χ1) is 7.15. The second kappa shape index (κ2) is 3.74. The molecule has 15 heavy (non-hydrogen) atoms. The number of nitrogens with one attached hydrogen (secondary N) is 2. The van der Waals surface area contributed by atoms with Crippen LogP contribution < -0.4 is 4.74 Å². The van der Waals surface area contributed by atoms with E-state index < -0.39 is 5.97 Å². The molecule has 1 aromatic heterocycles. The van der Waals surface area contributed by atoms with E-state index in [1.165, 1.54) is 0 Å². The molecule has 0 aliphatic rings. The van der Waals surface area contributed by atoms with Gasteiger partial charge in [0.05, 0.1) is 11.0 Å². The number of hydrogen-bond acceptors (Lipinski definition) is 3. The minimum atomic E-state index is -1.00. The molecule has 78 valence electrons. The minimum Gasteiger partial charge on any atom is -0.482 e. The van der Waals surface area contributed by atoms with E-state index in [9.17, 15) is 4.79 Å². The molecule has 1 heterocycles. The summed E-state index contributed by atoms with van der Waals surface area (Å²) in [7, 11) is 0. The Bertz CT molecular complexity index is 558. The lowest BCUT2D eigenvalue weighted by atomic mass is 10.3. The predicted octanol–water partition coefficient (Wildman–Crippen LogP) is 1.69. The van der Waals surface area contributed by atoms with Crippen molar-refractivity contribution >= 4 is 29.2 Å². The van der Waals surface area contributed by atoms with Crippen LogP contribution in [0.25, 0.3) is 11.0 Å². The van der Waals surface area contributed by atoms with E-state index in [2.05, 4.69) is 9.97 Å². The van der Waals surface area contributed by atoms with Crippen molar-refractivity contribution in [2.24, 2.45) is 0 Å². The topological polar surface area (TPSA) is 78.1 Å². The number of hydrogen-bond donors (Lipinski definition) is 3. The molecule has 0 aliphatic carbocycles. The summed E-state index contributed by atoms with van der Waals surface area (Å²) in [5.74, 6) is -0.507. The third-order valence-corrected chi connectivity index (χ3v) is 2.05. The van der Waals surface area contributed by atoms with Gasteiger partial charge in [-0.25, -0.2) is 4.79 Å². The molecule has 1 aromatic carbocycles. The summed E-state index contributed by atoms with van der Waals surface area (Å²) in [5, 5.41) is 8.44. The summed E-state index contributed by atoms with van der Waals surface area (Å²) in [6, 6.07) is 5.16. The van der Waals surface area contributed by atoms with Crippen molar-refractivity contribution in [2.75, 3.05) is 6.61 Å². The zero-order chi connectivity index (χ0) is 10.8. The number of benzene rings is 1. The smallest absolute Gasteiger partial charge is 0.341 e. The molecule has 0 atom stereocenters.